The Morgan fingerprint density at radius 3 is 2.29 bits per heavy atom. The van der Waals surface area contributed by atoms with Crippen LogP contribution in [-0.2, 0) is 24.2 Å². The molecule has 31 heavy (non-hydrogen) atoms. The van der Waals surface area contributed by atoms with Crippen LogP contribution in [0.4, 0.5) is 0 Å². The van der Waals surface area contributed by atoms with Gasteiger partial charge in [-0.15, -0.1) is 0 Å². The maximum atomic E-state index is 13.4. The summed E-state index contributed by atoms with van der Waals surface area (Å²) in [7, 11) is 0. The molecule has 1 aliphatic heterocycles. The highest BCUT2D eigenvalue weighted by atomic mass is 16.4. The lowest BCUT2D eigenvalue weighted by molar-refractivity contribution is -0.140. The van der Waals surface area contributed by atoms with Gasteiger partial charge in [0.25, 0.3) is 11.5 Å². The number of nitrogens with zero attached hydrogens (tertiary/aromatic N) is 2. The molecule has 172 valence electrons. The molecule has 1 amide bonds. The zero-order valence-electron chi connectivity index (χ0n) is 19.0. The van der Waals surface area contributed by atoms with Gasteiger partial charge in [0, 0.05) is 18.8 Å². The number of hydrogen-bond acceptors (Lipinski definition) is 4. The van der Waals surface area contributed by atoms with E-state index in [1.807, 2.05) is 4.57 Å². The Bertz CT molecular complexity index is 840. The largest absolute Gasteiger partial charge is 0.480 e. The quantitative estimate of drug-likeness (QED) is 0.693. The molecule has 0 unspecified atom stereocenters. The molecule has 1 atom stereocenters. The third kappa shape index (κ3) is 5.97. The van der Waals surface area contributed by atoms with Crippen LogP contribution in [0.25, 0.3) is 0 Å². The first-order valence-electron chi connectivity index (χ1n) is 11.9. The Labute approximate surface area is 184 Å². The summed E-state index contributed by atoms with van der Waals surface area (Å²) in [4.78, 5) is 40.3. The van der Waals surface area contributed by atoms with Crippen LogP contribution >= 0.6 is 0 Å². The van der Waals surface area contributed by atoms with Crippen LogP contribution in [0, 0.1) is 5.92 Å². The van der Waals surface area contributed by atoms with Crippen molar-refractivity contribution in [2.75, 3.05) is 19.6 Å². The van der Waals surface area contributed by atoms with Gasteiger partial charge < -0.3 is 19.9 Å². The second-order valence-corrected chi connectivity index (χ2v) is 9.34. The van der Waals surface area contributed by atoms with Gasteiger partial charge >= 0.3 is 5.97 Å². The molecule has 1 aromatic heterocycles. The van der Waals surface area contributed by atoms with E-state index in [1.54, 1.807) is 19.9 Å². The van der Waals surface area contributed by atoms with Crippen molar-refractivity contribution in [2.24, 2.45) is 5.92 Å². The van der Waals surface area contributed by atoms with Crippen molar-refractivity contribution in [2.45, 2.75) is 84.2 Å². The molecule has 0 radical (unpaired) electrons. The van der Waals surface area contributed by atoms with Crippen LogP contribution in [-0.4, -0.2) is 52.1 Å². The topological polar surface area (TPSA) is 91.6 Å². The Balaban J connectivity index is 1.93. The van der Waals surface area contributed by atoms with Gasteiger partial charge in [-0.3, -0.25) is 9.59 Å². The minimum atomic E-state index is -1.08. The number of aryl methyl sites for hydroxylation is 1. The van der Waals surface area contributed by atoms with Crippen LogP contribution in [0.3, 0.4) is 0 Å². The fourth-order valence-electron chi connectivity index (χ4n) is 4.79. The minimum Gasteiger partial charge on any atom is -0.480 e. The van der Waals surface area contributed by atoms with E-state index in [1.165, 1.54) is 19.3 Å². The fraction of sp³-hybridized carbons (Fsp3) is 0.708. The Kier molecular flexibility index (Phi) is 8.29. The van der Waals surface area contributed by atoms with Gasteiger partial charge in [0.05, 0.1) is 0 Å². The summed E-state index contributed by atoms with van der Waals surface area (Å²) in [5.41, 5.74) is 1.92. The zero-order valence-corrected chi connectivity index (χ0v) is 19.0. The predicted molar refractivity (Wildman–Crippen MR) is 121 cm³/mol. The van der Waals surface area contributed by atoms with Crippen molar-refractivity contribution in [3.63, 3.8) is 0 Å². The highest BCUT2D eigenvalue weighted by Gasteiger charge is 2.27. The Morgan fingerprint density at radius 2 is 1.65 bits per heavy atom. The van der Waals surface area contributed by atoms with E-state index in [2.05, 4.69) is 10.2 Å². The van der Waals surface area contributed by atoms with Crippen molar-refractivity contribution < 1.29 is 14.7 Å². The number of likely N-dealkylation sites (tertiary alicyclic amines) is 1. The first kappa shape index (κ1) is 23.5. The smallest absolute Gasteiger partial charge is 0.326 e. The van der Waals surface area contributed by atoms with Gasteiger partial charge in [0.15, 0.2) is 0 Å². The number of carbonyl (C=O) groups excluding carboxylic acids is 1. The van der Waals surface area contributed by atoms with E-state index in [9.17, 15) is 19.5 Å². The number of fused-ring (bicyclic) bond motifs is 1. The monoisotopic (exact) mass is 431 g/mol. The number of piperidine rings is 1. The average molecular weight is 432 g/mol. The molecule has 0 spiro atoms. The molecule has 1 saturated heterocycles. The van der Waals surface area contributed by atoms with Crippen molar-refractivity contribution in [1.29, 1.82) is 0 Å². The van der Waals surface area contributed by atoms with Crippen LogP contribution in [0.1, 0.15) is 80.4 Å². The number of carboxylic acid groups (broad SMARTS) is 1. The van der Waals surface area contributed by atoms with E-state index >= 15 is 0 Å². The maximum Gasteiger partial charge on any atom is 0.326 e. The molecule has 0 saturated carbocycles. The molecule has 1 aliphatic carbocycles. The SMILES string of the molecule is CC(C)[C@@H](NC(=O)c1cc2c(n(CCN3CCCCC3)c1=O)CCCCCC2)C(=O)O. The molecule has 1 fully saturated rings. The molecule has 0 bridgehead atoms. The standard InChI is InChI=1S/C24H37N3O4/c1-17(2)21(24(30)31)25-22(28)19-16-18-10-6-3-4-7-11-20(18)27(23(19)29)15-14-26-12-8-5-9-13-26/h16-17,21H,3-15H2,1-2H3,(H,25,28)(H,30,31)/t21-/m1/s1. The zero-order chi connectivity index (χ0) is 22.4. The van der Waals surface area contributed by atoms with Gasteiger partial charge in [0.1, 0.15) is 11.6 Å². The van der Waals surface area contributed by atoms with E-state index in [-0.39, 0.29) is 17.0 Å². The number of carbonyl (C=O) groups is 2. The molecule has 7 nitrogen and oxygen atoms in total. The Hall–Kier alpha value is -2.15. The third-order valence-electron chi connectivity index (χ3n) is 6.65. The van der Waals surface area contributed by atoms with Gasteiger partial charge in [-0.25, -0.2) is 4.79 Å². The number of amides is 1. The second kappa shape index (κ2) is 10.9. The molecule has 2 aliphatic rings. The van der Waals surface area contributed by atoms with Gasteiger partial charge in [-0.1, -0.05) is 33.1 Å². The highest BCUT2D eigenvalue weighted by Crippen LogP contribution is 2.21. The lowest BCUT2D eigenvalue weighted by atomic mass is 9.95. The van der Waals surface area contributed by atoms with Gasteiger partial charge in [-0.05, 0) is 69.2 Å². The van der Waals surface area contributed by atoms with E-state index < -0.39 is 17.9 Å². The summed E-state index contributed by atoms with van der Waals surface area (Å²) >= 11 is 0. The highest BCUT2D eigenvalue weighted by molar-refractivity contribution is 5.96. The van der Waals surface area contributed by atoms with Gasteiger partial charge in [-0.2, -0.15) is 0 Å². The van der Waals surface area contributed by atoms with E-state index in [0.717, 1.165) is 69.4 Å². The molecular weight excluding hydrogens is 394 g/mol. The van der Waals surface area contributed by atoms with Crippen LogP contribution in [0.2, 0.25) is 0 Å². The number of aliphatic carboxylic acids is 1. The number of pyridine rings is 1. The number of rotatable bonds is 7. The van der Waals surface area contributed by atoms with Crippen molar-refractivity contribution in [1.82, 2.24) is 14.8 Å². The molecule has 7 heteroatoms. The predicted octanol–water partition coefficient (Wildman–Crippen LogP) is 2.83. The van der Waals surface area contributed by atoms with Crippen LogP contribution < -0.4 is 10.9 Å². The lowest BCUT2D eigenvalue weighted by Gasteiger charge is -2.28. The minimum absolute atomic E-state index is 0.0740. The fourth-order valence-corrected chi connectivity index (χ4v) is 4.79. The van der Waals surface area contributed by atoms with Crippen molar-refractivity contribution >= 4 is 11.9 Å². The van der Waals surface area contributed by atoms with Gasteiger partial charge in [0.2, 0.25) is 0 Å². The summed E-state index contributed by atoms with van der Waals surface area (Å²) in [6.07, 6.45) is 9.78. The first-order valence-corrected chi connectivity index (χ1v) is 11.9. The van der Waals surface area contributed by atoms with E-state index in [4.69, 9.17) is 0 Å². The number of hydrogen-bond donors (Lipinski definition) is 2. The van der Waals surface area contributed by atoms with E-state index in [0.29, 0.717) is 6.54 Å². The average Bonchev–Trinajstić information content (AvgIpc) is 2.72. The number of nitrogens with one attached hydrogen (secondary N) is 1. The Morgan fingerprint density at radius 1 is 1.00 bits per heavy atom. The first-order chi connectivity index (χ1) is 14.9. The second-order valence-electron chi connectivity index (χ2n) is 9.34. The summed E-state index contributed by atoms with van der Waals surface area (Å²) in [5, 5.41) is 12.0. The van der Waals surface area contributed by atoms with Crippen molar-refractivity contribution in [3.8, 4) is 0 Å². The summed E-state index contributed by atoms with van der Waals surface area (Å²) in [5.74, 6) is -1.94. The molecule has 1 aromatic rings. The summed E-state index contributed by atoms with van der Waals surface area (Å²) < 4.78 is 1.81. The molecule has 2 N–H and O–H groups in total. The molecule has 2 heterocycles. The molecule has 0 aromatic carbocycles. The van der Waals surface area contributed by atoms with Crippen LogP contribution in [0.5, 0.6) is 0 Å². The lowest BCUT2D eigenvalue weighted by Crippen LogP contribution is -2.46. The number of carboxylic acids is 1. The number of aromatic nitrogens is 1. The third-order valence-corrected chi connectivity index (χ3v) is 6.65. The normalized spacial score (nSPS) is 18.7. The maximum absolute atomic E-state index is 13.4. The molecular formula is C24H37N3O4. The van der Waals surface area contributed by atoms with Crippen molar-refractivity contribution in [3.05, 3.63) is 33.2 Å². The molecule has 3 rings (SSSR count). The summed E-state index contributed by atoms with van der Waals surface area (Å²) in [6.45, 7) is 7.00. The van der Waals surface area contributed by atoms with Crippen LogP contribution in [0.15, 0.2) is 10.9 Å². The summed E-state index contributed by atoms with van der Waals surface area (Å²) in [6, 6.07) is 0.713.